The summed E-state index contributed by atoms with van der Waals surface area (Å²) >= 11 is 6.38. The fraction of sp³-hybridized carbons (Fsp3) is 0.312. The van der Waals surface area contributed by atoms with E-state index in [1.807, 2.05) is 18.0 Å². The van der Waals surface area contributed by atoms with Crippen molar-refractivity contribution in [3.63, 3.8) is 0 Å². The van der Waals surface area contributed by atoms with Gasteiger partial charge in [0.25, 0.3) is 0 Å². The molecule has 6 rings (SSSR count). The van der Waals surface area contributed by atoms with Crippen LogP contribution in [0.1, 0.15) is 42.3 Å². The topological polar surface area (TPSA) is 81.3 Å². The molecule has 3 aliphatic heterocycles. The summed E-state index contributed by atoms with van der Waals surface area (Å²) < 4.78 is 44.9. The van der Waals surface area contributed by atoms with Crippen molar-refractivity contribution in [2.24, 2.45) is 15.7 Å². The second-order valence-electron chi connectivity index (χ2n) is 11.3. The van der Waals surface area contributed by atoms with Crippen LogP contribution in [-0.4, -0.2) is 66.8 Å². The first-order valence-corrected chi connectivity index (χ1v) is 14.6. The van der Waals surface area contributed by atoms with E-state index in [-0.39, 0.29) is 35.7 Å². The summed E-state index contributed by atoms with van der Waals surface area (Å²) in [6, 6.07) is 14.3. The van der Waals surface area contributed by atoms with Gasteiger partial charge in [0.15, 0.2) is 6.29 Å². The third-order valence-corrected chi connectivity index (χ3v) is 8.32. The normalized spacial score (nSPS) is 22.9. The maximum Gasteiger partial charge on any atom is 0.196 e. The third-order valence-electron chi connectivity index (χ3n) is 8.08. The van der Waals surface area contributed by atoms with Crippen LogP contribution in [0.15, 0.2) is 70.2 Å². The van der Waals surface area contributed by atoms with Crippen LogP contribution in [0, 0.1) is 17.5 Å². The molecule has 3 aromatic carbocycles. The number of nitrogens with zero attached hydrogens (tertiary/aromatic N) is 4. The van der Waals surface area contributed by atoms with Crippen LogP contribution in [0.4, 0.5) is 18.9 Å². The molecule has 1 fully saturated rings. The molecule has 0 aliphatic carbocycles. The van der Waals surface area contributed by atoms with Gasteiger partial charge in [-0.3, -0.25) is 9.89 Å². The van der Waals surface area contributed by atoms with Gasteiger partial charge in [0, 0.05) is 71.4 Å². The lowest BCUT2D eigenvalue weighted by Crippen LogP contribution is -2.56. The van der Waals surface area contributed by atoms with Crippen LogP contribution in [0.2, 0.25) is 5.02 Å². The van der Waals surface area contributed by atoms with Gasteiger partial charge in [0.2, 0.25) is 0 Å². The zero-order valence-electron chi connectivity index (χ0n) is 24.1. The maximum atomic E-state index is 15.0. The summed E-state index contributed by atoms with van der Waals surface area (Å²) in [6.45, 7) is 5.75. The second kappa shape index (κ2) is 11.8. The molecule has 3 heterocycles. The highest BCUT2D eigenvalue weighted by atomic mass is 35.5. The molecule has 0 aromatic heterocycles. The van der Waals surface area contributed by atoms with Crippen molar-refractivity contribution in [1.82, 2.24) is 15.1 Å². The molecule has 11 heteroatoms. The maximum absolute atomic E-state index is 15.0. The van der Waals surface area contributed by atoms with E-state index in [0.717, 1.165) is 11.3 Å². The number of aliphatic imine (C=N–C) groups is 2. The SMILES string of the molecule is CC1CN(C(N)c2cc(NC3N=CC4=C(c5ccc(Cl)cc5C(c5c(F)cccc5F)=NC4)N3C)ccc2F)CC(C)N1. The average Bonchev–Trinajstić information content (AvgIpc) is 3.11. The van der Waals surface area contributed by atoms with Crippen molar-refractivity contribution in [2.75, 3.05) is 32.0 Å². The van der Waals surface area contributed by atoms with Crippen LogP contribution in [-0.2, 0) is 0 Å². The predicted molar refractivity (Wildman–Crippen MR) is 166 cm³/mol. The number of halogens is 4. The number of fused-ring (bicyclic) bond motifs is 2. The summed E-state index contributed by atoms with van der Waals surface area (Å²) in [5.41, 5.74) is 10.4. The van der Waals surface area contributed by atoms with Gasteiger partial charge in [0.05, 0.1) is 29.7 Å². The fourth-order valence-corrected chi connectivity index (χ4v) is 6.36. The number of hydrogen-bond acceptors (Lipinski definition) is 7. The Morgan fingerprint density at radius 1 is 0.977 bits per heavy atom. The van der Waals surface area contributed by atoms with Gasteiger partial charge in [-0.2, -0.15) is 0 Å². The fourth-order valence-electron chi connectivity index (χ4n) is 6.19. The monoisotopic (exact) mass is 607 g/mol. The van der Waals surface area contributed by atoms with E-state index in [4.69, 9.17) is 22.3 Å². The van der Waals surface area contributed by atoms with E-state index in [1.54, 1.807) is 30.5 Å². The summed E-state index contributed by atoms with van der Waals surface area (Å²) in [5.74, 6) is -1.79. The molecule has 0 saturated carbocycles. The largest absolute Gasteiger partial charge is 0.347 e. The van der Waals surface area contributed by atoms with Crippen LogP contribution in [0.5, 0.6) is 0 Å². The molecule has 0 spiro atoms. The number of nitrogens with one attached hydrogen (secondary N) is 2. The molecule has 4 N–H and O–H groups in total. The molecule has 0 radical (unpaired) electrons. The Bertz CT molecular complexity index is 1630. The molecule has 4 atom stereocenters. The van der Waals surface area contributed by atoms with E-state index < -0.39 is 24.1 Å². The molecular weight excluding hydrogens is 575 g/mol. The van der Waals surface area contributed by atoms with Gasteiger partial charge in [-0.15, -0.1) is 0 Å². The van der Waals surface area contributed by atoms with Gasteiger partial charge in [-0.1, -0.05) is 23.7 Å². The number of piperazine rings is 1. The first-order valence-electron chi connectivity index (χ1n) is 14.2. The lowest BCUT2D eigenvalue weighted by molar-refractivity contribution is 0.123. The van der Waals surface area contributed by atoms with E-state index in [0.29, 0.717) is 40.5 Å². The number of hydrogen-bond donors (Lipinski definition) is 3. The van der Waals surface area contributed by atoms with Crippen LogP contribution >= 0.6 is 11.6 Å². The standard InChI is InChI=1S/C32H33ClF3N7/c1-17-15-43(16-18(2)40-17)31(37)24-12-21(8-10-25(24)34)41-32-39-14-19-13-38-29(28-26(35)5-4-6-27(28)36)23-11-20(33)7-9-22(23)30(19)42(32)3/h4-12,14,17-18,31-32,40-41H,13,15-16,37H2,1-3H3. The van der Waals surface area contributed by atoms with Crippen molar-refractivity contribution >= 4 is 34.9 Å². The molecule has 3 aromatic rings. The van der Waals surface area contributed by atoms with E-state index >= 15 is 4.39 Å². The van der Waals surface area contributed by atoms with Gasteiger partial charge in [-0.05, 0) is 56.3 Å². The average molecular weight is 608 g/mol. The summed E-state index contributed by atoms with van der Waals surface area (Å²) in [7, 11) is 1.87. The van der Waals surface area contributed by atoms with E-state index in [2.05, 4.69) is 34.4 Å². The minimum atomic E-state index is -0.707. The summed E-state index contributed by atoms with van der Waals surface area (Å²) in [6.07, 6.45) is 0.543. The van der Waals surface area contributed by atoms with Gasteiger partial charge in [-0.25, -0.2) is 18.2 Å². The van der Waals surface area contributed by atoms with E-state index in [1.165, 1.54) is 24.3 Å². The zero-order valence-corrected chi connectivity index (χ0v) is 24.8. The zero-order chi connectivity index (χ0) is 30.4. The Labute approximate surface area is 253 Å². The molecule has 0 bridgehead atoms. The lowest BCUT2D eigenvalue weighted by Gasteiger charge is -2.39. The number of rotatable bonds is 5. The predicted octanol–water partition coefficient (Wildman–Crippen LogP) is 5.37. The second-order valence-corrected chi connectivity index (χ2v) is 11.8. The summed E-state index contributed by atoms with van der Waals surface area (Å²) in [5, 5.41) is 7.28. The third kappa shape index (κ3) is 5.68. The first-order chi connectivity index (χ1) is 20.6. The number of anilines is 1. The highest BCUT2D eigenvalue weighted by molar-refractivity contribution is 6.31. The van der Waals surface area contributed by atoms with Crippen molar-refractivity contribution in [3.8, 4) is 0 Å². The Morgan fingerprint density at radius 3 is 2.42 bits per heavy atom. The van der Waals surface area contributed by atoms with Crippen molar-refractivity contribution in [1.29, 1.82) is 0 Å². The van der Waals surface area contributed by atoms with Crippen LogP contribution in [0.3, 0.4) is 0 Å². The minimum absolute atomic E-state index is 0.155. The van der Waals surface area contributed by atoms with Gasteiger partial charge >= 0.3 is 0 Å². The molecule has 3 aliphatic rings. The lowest BCUT2D eigenvalue weighted by atomic mass is 9.94. The Balaban J connectivity index is 1.30. The molecule has 1 saturated heterocycles. The van der Waals surface area contributed by atoms with Crippen LogP contribution in [0.25, 0.3) is 5.70 Å². The molecule has 224 valence electrons. The number of benzene rings is 3. The van der Waals surface area contributed by atoms with Crippen molar-refractivity contribution < 1.29 is 13.2 Å². The quantitative estimate of drug-likeness (QED) is 0.363. The van der Waals surface area contributed by atoms with Crippen molar-refractivity contribution in [3.05, 3.63) is 105 Å². The Kier molecular flexibility index (Phi) is 8.04. The Hall–Kier alpha value is -3.70. The molecule has 7 nitrogen and oxygen atoms in total. The van der Waals surface area contributed by atoms with Crippen molar-refractivity contribution in [2.45, 2.75) is 38.4 Å². The first kappa shape index (κ1) is 29.4. The highest BCUT2D eigenvalue weighted by Gasteiger charge is 2.31. The molecule has 43 heavy (non-hydrogen) atoms. The van der Waals surface area contributed by atoms with Gasteiger partial charge in [0.1, 0.15) is 17.5 Å². The van der Waals surface area contributed by atoms with Gasteiger partial charge < -0.3 is 21.3 Å². The van der Waals surface area contributed by atoms with E-state index in [9.17, 15) is 8.78 Å². The minimum Gasteiger partial charge on any atom is -0.347 e. The smallest absolute Gasteiger partial charge is 0.196 e. The molecular formula is C32H33ClF3N7. The Morgan fingerprint density at radius 2 is 1.70 bits per heavy atom. The number of nitrogens with two attached hydrogens (primary N) is 1. The molecule has 0 amide bonds. The molecule has 4 unspecified atom stereocenters. The highest BCUT2D eigenvalue weighted by Crippen LogP contribution is 2.36. The van der Waals surface area contributed by atoms with Crippen LogP contribution < -0.4 is 16.4 Å². The summed E-state index contributed by atoms with van der Waals surface area (Å²) in [4.78, 5) is 13.4.